The Labute approximate surface area is 146 Å². The minimum Gasteiger partial charge on any atom is -0.366 e. The van der Waals surface area contributed by atoms with E-state index in [9.17, 15) is 0 Å². The van der Waals surface area contributed by atoms with E-state index in [2.05, 4.69) is 88.0 Å². The molecule has 0 aromatic carbocycles. The van der Waals surface area contributed by atoms with Gasteiger partial charge in [-0.3, -0.25) is 0 Å². The molecular formula is C22H43N. The monoisotopic (exact) mass is 321 g/mol. The van der Waals surface area contributed by atoms with Crippen LogP contribution in [0.3, 0.4) is 0 Å². The molecule has 0 aliphatic carbocycles. The fourth-order valence-electron chi connectivity index (χ4n) is 4.19. The summed E-state index contributed by atoms with van der Waals surface area (Å²) in [5.41, 5.74) is 4.11. The van der Waals surface area contributed by atoms with Gasteiger partial charge in [0.15, 0.2) is 0 Å². The smallest absolute Gasteiger partial charge is 0.0340 e. The van der Waals surface area contributed by atoms with E-state index in [-0.39, 0.29) is 21.8 Å². The third kappa shape index (κ3) is 4.77. The molecule has 1 unspecified atom stereocenters. The summed E-state index contributed by atoms with van der Waals surface area (Å²) in [6.45, 7) is 28.8. The van der Waals surface area contributed by atoms with Gasteiger partial charge in [-0.25, -0.2) is 0 Å². The zero-order valence-electron chi connectivity index (χ0n) is 18.1. The highest BCUT2D eigenvalue weighted by atomic mass is 15.2. The van der Waals surface area contributed by atoms with Gasteiger partial charge in [0.05, 0.1) is 0 Å². The van der Waals surface area contributed by atoms with Gasteiger partial charge >= 0.3 is 0 Å². The van der Waals surface area contributed by atoms with Gasteiger partial charge in [0.1, 0.15) is 0 Å². The molecular weight excluding hydrogens is 278 g/mol. The fraction of sp³-hybridized carbons (Fsp3) is 0.909. The lowest BCUT2D eigenvalue weighted by molar-refractivity contribution is 0.0322. The van der Waals surface area contributed by atoms with Crippen molar-refractivity contribution < 1.29 is 0 Å². The highest BCUT2D eigenvalue weighted by molar-refractivity contribution is 5.28. The van der Waals surface area contributed by atoms with Crippen LogP contribution in [0.25, 0.3) is 0 Å². The van der Waals surface area contributed by atoms with Crippen molar-refractivity contribution in [3.05, 3.63) is 11.3 Å². The highest BCUT2D eigenvalue weighted by Gasteiger charge is 2.44. The summed E-state index contributed by atoms with van der Waals surface area (Å²) in [6, 6.07) is 0.594. The molecule has 1 heteroatoms. The van der Waals surface area contributed by atoms with Crippen molar-refractivity contribution in [1.82, 2.24) is 4.90 Å². The average molecular weight is 322 g/mol. The molecule has 1 heterocycles. The molecule has 136 valence electrons. The Bertz CT molecular complexity index is 440. The van der Waals surface area contributed by atoms with Crippen LogP contribution in [-0.4, -0.2) is 16.5 Å². The quantitative estimate of drug-likeness (QED) is 0.463. The van der Waals surface area contributed by atoms with Crippen LogP contribution < -0.4 is 0 Å². The molecule has 0 aromatic rings. The molecule has 0 aromatic heterocycles. The second-order valence-corrected chi connectivity index (χ2v) is 11.6. The fourth-order valence-corrected chi connectivity index (χ4v) is 4.19. The van der Waals surface area contributed by atoms with Gasteiger partial charge < -0.3 is 4.90 Å². The molecule has 0 saturated heterocycles. The molecule has 0 N–H and O–H groups in total. The van der Waals surface area contributed by atoms with Crippen molar-refractivity contribution in [2.45, 2.75) is 114 Å². The van der Waals surface area contributed by atoms with E-state index in [0.29, 0.717) is 6.04 Å². The van der Waals surface area contributed by atoms with Crippen molar-refractivity contribution in [2.24, 2.45) is 16.2 Å². The molecule has 0 spiro atoms. The Morgan fingerprint density at radius 2 is 1.22 bits per heavy atom. The summed E-state index contributed by atoms with van der Waals surface area (Å²) >= 11 is 0. The van der Waals surface area contributed by atoms with Crippen LogP contribution in [0.5, 0.6) is 0 Å². The molecule has 1 rings (SSSR count). The third-order valence-corrected chi connectivity index (χ3v) is 5.08. The maximum Gasteiger partial charge on any atom is 0.0340 e. The van der Waals surface area contributed by atoms with Crippen LogP contribution >= 0.6 is 0 Å². The number of nitrogens with zero attached hydrogens (tertiary/aromatic N) is 1. The summed E-state index contributed by atoms with van der Waals surface area (Å²) in [5.74, 6) is 0. The normalized spacial score (nSPS) is 22.4. The zero-order valence-corrected chi connectivity index (χ0v) is 18.1. The van der Waals surface area contributed by atoms with Crippen molar-refractivity contribution in [1.29, 1.82) is 0 Å². The predicted molar refractivity (Wildman–Crippen MR) is 105 cm³/mol. The van der Waals surface area contributed by atoms with E-state index in [1.54, 1.807) is 11.3 Å². The Hall–Kier alpha value is -0.460. The van der Waals surface area contributed by atoms with E-state index in [4.69, 9.17) is 0 Å². The van der Waals surface area contributed by atoms with Crippen molar-refractivity contribution in [3.8, 4) is 0 Å². The van der Waals surface area contributed by atoms with Gasteiger partial charge in [-0.1, -0.05) is 62.3 Å². The first-order valence-electron chi connectivity index (χ1n) is 9.51. The number of allylic oxidation sites excluding steroid dienone is 2. The van der Waals surface area contributed by atoms with E-state index in [1.165, 1.54) is 19.3 Å². The third-order valence-electron chi connectivity index (χ3n) is 5.08. The Kier molecular flexibility index (Phi) is 5.48. The van der Waals surface area contributed by atoms with Crippen molar-refractivity contribution in [3.63, 3.8) is 0 Å². The maximum absolute atomic E-state index is 2.81. The van der Waals surface area contributed by atoms with Gasteiger partial charge in [-0.15, -0.1) is 0 Å². The lowest BCUT2D eigenvalue weighted by Crippen LogP contribution is -2.54. The maximum atomic E-state index is 2.81. The van der Waals surface area contributed by atoms with Gasteiger partial charge in [0.2, 0.25) is 0 Å². The molecule has 1 atom stereocenters. The molecule has 0 saturated carbocycles. The Balaban J connectivity index is 3.73. The Morgan fingerprint density at radius 3 is 1.52 bits per heavy atom. The highest BCUT2D eigenvalue weighted by Crippen LogP contribution is 2.49. The van der Waals surface area contributed by atoms with E-state index in [0.717, 1.165) is 0 Å². The van der Waals surface area contributed by atoms with Gasteiger partial charge in [-0.05, 0) is 56.4 Å². The van der Waals surface area contributed by atoms with Crippen LogP contribution in [-0.2, 0) is 0 Å². The Morgan fingerprint density at radius 1 is 0.739 bits per heavy atom. The largest absolute Gasteiger partial charge is 0.366 e. The molecule has 23 heavy (non-hydrogen) atoms. The van der Waals surface area contributed by atoms with Gasteiger partial charge in [0.25, 0.3) is 0 Å². The molecule has 0 fully saturated rings. The van der Waals surface area contributed by atoms with E-state index in [1.807, 2.05) is 0 Å². The van der Waals surface area contributed by atoms with Crippen LogP contribution in [0.2, 0.25) is 0 Å². The van der Waals surface area contributed by atoms with E-state index >= 15 is 0 Å². The van der Waals surface area contributed by atoms with Crippen LogP contribution in [0.1, 0.15) is 102 Å². The standard InChI is InChI=1S/C22H43N/c1-19(2,3)16-14-13-15-17(20(4,5)6)23(22(10,11)12)18(16)21(7,8)9/h17H,13-15H2,1-12H3. The van der Waals surface area contributed by atoms with Crippen molar-refractivity contribution in [2.75, 3.05) is 0 Å². The van der Waals surface area contributed by atoms with Gasteiger partial charge in [0, 0.05) is 22.7 Å². The minimum atomic E-state index is 0.140. The molecule has 1 nitrogen and oxygen atoms in total. The SMILES string of the molecule is CC(C)(C)C1=C(C(C)(C)C)N(C(C)(C)C)C(C(C)(C)C)CCC1. The molecule has 0 bridgehead atoms. The first-order chi connectivity index (χ1) is 9.97. The number of hydrogen-bond acceptors (Lipinski definition) is 1. The summed E-state index contributed by atoms with van der Waals surface area (Å²) in [7, 11) is 0. The predicted octanol–water partition coefficient (Wildman–Crippen LogP) is 7.03. The van der Waals surface area contributed by atoms with E-state index < -0.39 is 0 Å². The lowest BCUT2D eigenvalue weighted by Gasteiger charge is -2.53. The second kappa shape index (κ2) is 6.12. The van der Waals surface area contributed by atoms with Crippen LogP contribution in [0, 0.1) is 16.2 Å². The molecule has 0 radical (unpaired) electrons. The zero-order chi connectivity index (χ0) is 18.4. The lowest BCUT2D eigenvalue weighted by atomic mass is 9.75. The summed E-state index contributed by atoms with van der Waals surface area (Å²) in [4.78, 5) is 2.81. The topological polar surface area (TPSA) is 3.24 Å². The van der Waals surface area contributed by atoms with Gasteiger partial charge in [-0.2, -0.15) is 0 Å². The van der Waals surface area contributed by atoms with Crippen LogP contribution in [0.15, 0.2) is 11.3 Å². The van der Waals surface area contributed by atoms with Crippen LogP contribution in [0.4, 0.5) is 0 Å². The molecule has 0 amide bonds. The summed E-state index contributed by atoms with van der Waals surface area (Å²) in [6.07, 6.45) is 3.84. The number of hydrogen-bond donors (Lipinski definition) is 0. The number of rotatable bonds is 0. The second-order valence-electron chi connectivity index (χ2n) is 11.6. The average Bonchev–Trinajstić information content (AvgIpc) is 2.44. The minimum absolute atomic E-state index is 0.140. The summed E-state index contributed by atoms with van der Waals surface area (Å²) in [5, 5.41) is 0. The molecule has 1 aliphatic rings. The first-order valence-corrected chi connectivity index (χ1v) is 9.51. The van der Waals surface area contributed by atoms with Crippen molar-refractivity contribution >= 4 is 0 Å². The summed E-state index contributed by atoms with van der Waals surface area (Å²) < 4.78 is 0. The first kappa shape index (κ1) is 20.6. The molecule has 1 aliphatic heterocycles.